The fourth-order valence-corrected chi connectivity index (χ4v) is 2.93. The molecular formula is C15H17FO2. The van der Waals surface area contributed by atoms with E-state index >= 15 is 0 Å². The zero-order valence-corrected chi connectivity index (χ0v) is 10.3. The number of ketones is 1. The van der Waals surface area contributed by atoms with E-state index in [1.165, 1.54) is 56.4 Å². The van der Waals surface area contributed by atoms with Crippen molar-refractivity contribution in [2.75, 3.05) is 0 Å². The summed E-state index contributed by atoms with van der Waals surface area (Å²) in [7, 11) is 0. The highest BCUT2D eigenvalue weighted by molar-refractivity contribution is 6.01. The molecule has 0 radical (unpaired) electrons. The molecule has 3 heteroatoms. The van der Waals surface area contributed by atoms with Gasteiger partial charge in [0, 0.05) is 5.56 Å². The van der Waals surface area contributed by atoms with Crippen molar-refractivity contribution in [3.05, 3.63) is 35.6 Å². The number of Topliss-reactive ketones (excluding diaryl/α,β-unsaturated/α-hetero) is 1. The van der Waals surface area contributed by atoms with Crippen LogP contribution in [0.25, 0.3) is 0 Å². The first-order valence-corrected chi connectivity index (χ1v) is 6.71. The predicted octanol–water partition coefficient (Wildman–Crippen LogP) is 3.36. The molecule has 1 aromatic rings. The Morgan fingerprint density at radius 1 is 1.11 bits per heavy atom. The van der Waals surface area contributed by atoms with Gasteiger partial charge in [-0.1, -0.05) is 19.3 Å². The van der Waals surface area contributed by atoms with Gasteiger partial charge in [0.1, 0.15) is 11.9 Å². The van der Waals surface area contributed by atoms with E-state index < -0.39 is 0 Å². The lowest BCUT2D eigenvalue weighted by Gasteiger charge is -2.19. The molecule has 2 atom stereocenters. The number of rotatable bonds is 3. The molecule has 0 N–H and O–H groups in total. The summed E-state index contributed by atoms with van der Waals surface area (Å²) in [5, 5.41) is 0. The molecule has 0 amide bonds. The fourth-order valence-electron chi connectivity index (χ4n) is 2.93. The number of benzene rings is 1. The lowest BCUT2D eigenvalue weighted by molar-refractivity contribution is 0.0953. The molecule has 2 nitrogen and oxygen atoms in total. The van der Waals surface area contributed by atoms with Gasteiger partial charge in [-0.3, -0.25) is 4.79 Å². The summed E-state index contributed by atoms with van der Waals surface area (Å²) in [4.78, 5) is 12.1. The van der Waals surface area contributed by atoms with Crippen molar-refractivity contribution in [3.8, 4) is 0 Å². The molecule has 0 aromatic heterocycles. The molecular weight excluding hydrogens is 231 g/mol. The zero-order valence-electron chi connectivity index (χ0n) is 10.3. The standard InChI is InChI=1S/C15H17FO2/c16-12-8-6-10(7-9-12)13(17)15-14(18-15)11-4-2-1-3-5-11/h6-9,11,14-15H,1-5H2/t14-,15-/m1/s1. The monoisotopic (exact) mass is 248 g/mol. The van der Waals surface area contributed by atoms with Crippen LogP contribution in [0.15, 0.2) is 24.3 Å². The van der Waals surface area contributed by atoms with Crippen LogP contribution >= 0.6 is 0 Å². The molecule has 1 heterocycles. The first-order chi connectivity index (χ1) is 8.75. The van der Waals surface area contributed by atoms with Crippen LogP contribution in [0.1, 0.15) is 42.5 Å². The normalized spacial score (nSPS) is 28.1. The van der Waals surface area contributed by atoms with E-state index in [9.17, 15) is 9.18 Å². The largest absolute Gasteiger partial charge is 0.361 e. The van der Waals surface area contributed by atoms with E-state index in [0.29, 0.717) is 11.5 Å². The van der Waals surface area contributed by atoms with E-state index in [2.05, 4.69) is 0 Å². The summed E-state index contributed by atoms with van der Waals surface area (Å²) >= 11 is 0. The maximum atomic E-state index is 12.8. The highest BCUT2D eigenvalue weighted by Crippen LogP contribution is 2.39. The van der Waals surface area contributed by atoms with Crippen LogP contribution in [0, 0.1) is 11.7 Å². The van der Waals surface area contributed by atoms with Gasteiger partial charge in [0.15, 0.2) is 5.78 Å². The number of hydrogen-bond donors (Lipinski definition) is 0. The Balaban J connectivity index is 1.63. The highest BCUT2D eigenvalue weighted by atomic mass is 19.1. The van der Waals surface area contributed by atoms with Gasteiger partial charge in [-0.2, -0.15) is 0 Å². The van der Waals surface area contributed by atoms with Gasteiger partial charge >= 0.3 is 0 Å². The first-order valence-electron chi connectivity index (χ1n) is 6.71. The summed E-state index contributed by atoms with van der Waals surface area (Å²) in [6, 6.07) is 5.73. The van der Waals surface area contributed by atoms with E-state index in [1.54, 1.807) is 0 Å². The molecule has 2 aliphatic rings. The van der Waals surface area contributed by atoms with Crippen LogP contribution in [0.4, 0.5) is 4.39 Å². The highest BCUT2D eigenvalue weighted by Gasteiger charge is 2.49. The number of hydrogen-bond acceptors (Lipinski definition) is 2. The van der Waals surface area contributed by atoms with Crippen LogP contribution < -0.4 is 0 Å². The zero-order chi connectivity index (χ0) is 12.5. The summed E-state index contributed by atoms with van der Waals surface area (Å²) in [5.41, 5.74) is 0.555. The van der Waals surface area contributed by atoms with Crippen molar-refractivity contribution in [2.24, 2.45) is 5.92 Å². The predicted molar refractivity (Wildman–Crippen MR) is 66.0 cm³/mol. The van der Waals surface area contributed by atoms with Crippen molar-refractivity contribution >= 4 is 5.78 Å². The van der Waals surface area contributed by atoms with Crippen molar-refractivity contribution in [1.82, 2.24) is 0 Å². The lowest BCUT2D eigenvalue weighted by Crippen LogP contribution is -2.18. The average Bonchev–Trinajstić information content (AvgIpc) is 3.20. The second-order valence-corrected chi connectivity index (χ2v) is 5.29. The third-order valence-corrected chi connectivity index (χ3v) is 4.03. The maximum absolute atomic E-state index is 12.8. The quantitative estimate of drug-likeness (QED) is 0.606. The third kappa shape index (κ3) is 2.32. The minimum Gasteiger partial charge on any atom is -0.361 e. The molecule has 18 heavy (non-hydrogen) atoms. The molecule has 2 fully saturated rings. The van der Waals surface area contributed by atoms with E-state index in [4.69, 9.17) is 4.74 Å². The van der Waals surface area contributed by atoms with Gasteiger partial charge in [-0.15, -0.1) is 0 Å². The molecule has 0 unspecified atom stereocenters. The van der Waals surface area contributed by atoms with Crippen LogP contribution in [0.3, 0.4) is 0 Å². The Morgan fingerprint density at radius 2 is 1.78 bits per heavy atom. The number of ether oxygens (including phenoxy) is 1. The Morgan fingerprint density at radius 3 is 2.44 bits per heavy atom. The van der Waals surface area contributed by atoms with E-state index in [0.717, 1.165) is 0 Å². The Kier molecular flexibility index (Phi) is 3.16. The molecule has 1 aliphatic carbocycles. The van der Waals surface area contributed by atoms with Crippen molar-refractivity contribution in [1.29, 1.82) is 0 Å². The Hall–Kier alpha value is -1.22. The molecule has 3 rings (SSSR count). The van der Waals surface area contributed by atoms with Gasteiger partial charge in [-0.25, -0.2) is 4.39 Å². The average molecular weight is 248 g/mol. The number of carbonyl (C=O) groups is 1. The second-order valence-electron chi connectivity index (χ2n) is 5.29. The van der Waals surface area contributed by atoms with Gasteiger partial charge in [0.05, 0.1) is 6.10 Å². The van der Waals surface area contributed by atoms with E-state index in [1.807, 2.05) is 0 Å². The summed E-state index contributed by atoms with van der Waals surface area (Å²) < 4.78 is 18.4. The topological polar surface area (TPSA) is 29.6 Å². The third-order valence-electron chi connectivity index (χ3n) is 4.03. The van der Waals surface area contributed by atoms with Crippen LogP contribution in [0.2, 0.25) is 0 Å². The second kappa shape index (κ2) is 4.81. The minimum atomic E-state index is -0.313. The number of halogens is 1. The molecule has 96 valence electrons. The minimum absolute atomic E-state index is 0.00516. The maximum Gasteiger partial charge on any atom is 0.194 e. The molecule has 1 aliphatic heterocycles. The number of carbonyl (C=O) groups excluding carboxylic acids is 1. The van der Waals surface area contributed by atoms with Crippen LogP contribution in [-0.2, 0) is 4.74 Å². The first kappa shape index (κ1) is 11.8. The summed E-state index contributed by atoms with van der Waals surface area (Å²) in [6.45, 7) is 0. The summed E-state index contributed by atoms with van der Waals surface area (Å²) in [5.74, 6) is 0.241. The Bertz CT molecular complexity index is 434. The van der Waals surface area contributed by atoms with Gasteiger partial charge in [0.25, 0.3) is 0 Å². The summed E-state index contributed by atoms with van der Waals surface area (Å²) in [6.07, 6.45) is 6.00. The van der Waals surface area contributed by atoms with Gasteiger partial charge in [0.2, 0.25) is 0 Å². The molecule has 1 saturated heterocycles. The van der Waals surface area contributed by atoms with Crippen molar-refractivity contribution in [3.63, 3.8) is 0 Å². The van der Waals surface area contributed by atoms with Gasteiger partial charge < -0.3 is 4.74 Å². The molecule has 1 saturated carbocycles. The van der Waals surface area contributed by atoms with Gasteiger partial charge in [-0.05, 0) is 43.0 Å². The van der Waals surface area contributed by atoms with Crippen LogP contribution in [0.5, 0.6) is 0 Å². The van der Waals surface area contributed by atoms with Crippen LogP contribution in [-0.4, -0.2) is 18.0 Å². The number of epoxide rings is 1. The SMILES string of the molecule is O=C(c1ccc(F)cc1)[C@H]1O[C@@H]1C1CCCCC1. The fraction of sp³-hybridized carbons (Fsp3) is 0.533. The van der Waals surface area contributed by atoms with Crippen molar-refractivity contribution in [2.45, 2.75) is 44.3 Å². The molecule has 1 aromatic carbocycles. The Labute approximate surface area is 106 Å². The molecule has 0 spiro atoms. The smallest absolute Gasteiger partial charge is 0.194 e. The van der Waals surface area contributed by atoms with Crippen molar-refractivity contribution < 1.29 is 13.9 Å². The molecule has 0 bridgehead atoms. The van der Waals surface area contributed by atoms with E-state index in [-0.39, 0.29) is 23.8 Å². The lowest BCUT2D eigenvalue weighted by atomic mass is 9.85.